The van der Waals surface area contributed by atoms with Gasteiger partial charge in [-0.25, -0.2) is 19.3 Å². The molecule has 7 heteroatoms. The number of thioether (sulfide) groups is 1. The molecule has 1 aromatic carbocycles. The molecule has 3 rings (SSSR count). The van der Waals surface area contributed by atoms with E-state index in [1.807, 2.05) is 6.92 Å². The number of nitrogens with one attached hydrogen (secondary N) is 1. The van der Waals surface area contributed by atoms with Gasteiger partial charge in [0.1, 0.15) is 18.0 Å². The molecule has 0 fully saturated rings. The Balaban J connectivity index is 2.06. The molecule has 0 saturated heterocycles. The van der Waals surface area contributed by atoms with E-state index in [4.69, 9.17) is 0 Å². The molecule has 3 aromatic rings. The van der Waals surface area contributed by atoms with Crippen LogP contribution in [0.4, 0.5) is 4.39 Å². The van der Waals surface area contributed by atoms with Gasteiger partial charge >= 0.3 is 0 Å². The fourth-order valence-electron chi connectivity index (χ4n) is 2.49. The summed E-state index contributed by atoms with van der Waals surface area (Å²) in [5.74, 6) is 1.38. The largest absolute Gasteiger partial charge is 0.254 e. The highest BCUT2D eigenvalue weighted by atomic mass is 32.2. The first kappa shape index (κ1) is 16.6. The number of rotatable bonds is 5. The average Bonchev–Trinajstić information content (AvgIpc) is 3.07. The van der Waals surface area contributed by atoms with Crippen molar-refractivity contribution in [3.63, 3.8) is 0 Å². The second kappa shape index (κ2) is 7.09. The summed E-state index contributed by atoms with van der Waals surface area (Å²) in [7, 11) is 0. The lowest BCUT2D eigenvalue weighted by molar-refractivity contribution is 0.628. The molecule has 0 aliphatic heterocycles. The lowest BCUT2D eigenvalue weighted by atomic mass is 9.99. The van der Waals surface area contributed by atoms with Gasteiger partial charge < -0.3 is 0 Å². The smallest absolute Gasteiger partial charge is 0.183 e. The number of aromatic nitrogens is 5. The summed E-state index contributed by atoms with van der Waals surface area (Å²) >= 11 is 1.55. The Kier molecular flexibility index (Phi) is 4.89. The van der Waals surface area contributed by atoms with Gasteiger partial charge in [-0.2, -0.15) is 5.10 Å². The molecule has 1 N–H and O–H groups in total. The summed E-state index contributed by atoms with van der Waals surface area (Å²) in [4.78, 5) is 13.4. The third-order valence-corrected chi connectivity index (χ3v) is 4.46. The van der Waals surface area contributed by atoms with Crippen molar-refractivity contribution in [2.75, 3.05) is 0 Å². The minimum Gasteiger partial charge on any atom is -0.254 e. The van der Waals surface area contributed by atoms with Gasteiger partial charge in [0.2, 0.25) is 0 Å². The van der Waals surface area contributed by atoms with E-state index in [-0.39, 0.29) is 11.7 Å². The monoisotopic (exact) mass is 343 g/mol. The maximum absolute atomic E-state index is 13.3. The number of aryl methyl sites for hydroxylation is 1. The first-order valence-electron chi connectivity index (χ1n) is 7.66. The fraction of sp³-hybridized carbons (Fsp3) is 0.294. The molecule has 124 valence electrons. The predicted octanol–water partition coefficient (Wildman–Crippen LogP) is 4.12. The zero-order valence-corrected chi connectivity index (χ0v) is 14.6. The first-order chi connectivity index (χ1) is 11.5. The molecular formula is C17H18FN5S. The summed E-state index contributed by atoms with van der Waals surface area (Å²) < 4.78 is 13.3. The number of benzene rings is 1. The van der Waals surface area contributed by atoms with Crippen molar-refractivity contribution in [1.29, 1.82) is 0 Å². The summed E-state index contributed by atoms with van der Waals surface area (Å²) in [5.41, 5.74) is 3.78. The summed E-state index contributed by atoms with van der Waals surface area (Å²) in [6, 6.07) is 6.41. The quantitative estimate of drug-likeness (QED) is 0.706. The van der Waals surface area contributed by atoms with Crippen molar-refractivity contribution in [2.45, 2.75) is 37.6 Å². The number of hydrogen-bond acceptors (Lipinski definition) is 5. The highest BCUT2D eigenvalue weighted by molar-refractivity contribution is 7.98. The minimum atomic E-state index is -0.258. The van der Waals surface area contributed by atoms with E-state index in [1.54, 1.807) is 23.9 Å². The maximum Gasteiger partial charge on any atom is 0.183 e. The van der Waals surface area contributed by atoms with Crippen molar-refractivity contribution >= 4 is 11.8 Å². The zero-order chi connectivity index (χ0) is 17.1. The van der Waals surface area contributed by atoms with Crippen molar-refractivity contribution in [3.05, 3.63) is 53.5 Å². The van der Waals surface area contributed by atoms with Crippen LogP contribution in [-0.4, -0.2) is 25.1 Å². The Morgan fingerprint density at radius 3 is 2.54 bits per heavy atom. The summed E-state index contributed by atoms with van der Waals surface area (Å²) in [6.07, 6.45) is 1.48. The third kappa shape index (κ3) is 3.62. The molecule has 0 aliphatic rings. The number of nitrogens with zero attached hydrogens (tertiary/aromatic N) is 4. The summed E-state index contributed by atoms with van der Waals surface area (Å²) in [5, 5.41) is 7.46. The standard InChI is InChI=1S/C17H18FN5S/c1-10(2)15-14(8-24-17-19-9-20-23-17)16(22-11(3)21-15)12-4-6-13(18)7-5-12/h4-7,9-10H,8H2,1-3H3,(H,19,20,23). The SMILES string of the molecule is Cc1nc(-c2ccc(F)cc2)c(CSc2ncn[nH]2)c(C(C)C)n1. The molecule has 0 bridgehead atoms. The van der Waals surface area contributed by atoms with Gasteiger partial charge in [-0.05, 0) is 37.1 Å². The number of halogens is 1. The van der Waals surface area contributed by atoms with E-state index >= 15 is 0 Å². The van der Waals surface area contributed by atoms with Gasteiger partial charge in [0.25, 0.3) is 0 Å². The van der Waals surface area contributed by atoms with Gasteiger partial charge in [0, 0.05) is 16.9 Å². The Morgan fingerprint density at radius 1 is 1.17 bits per heavy atom. The third-order valence-electron chi connectivity index (χ3n) is 3.56. The summed E-state index contributed by atoms with van der Waals surface area (Å²) in [6.45, 7) is 6.10. The first-order valence-corrected chi connectivity index (χ1v) is 8.64. The van der Waals surface area contributed by atoms with Gasteiger partial charge in [0.05, 0.1) is 11.4 Å². The maximum atomic E-state index is 13.3. The van der Waals surface area contributed by atoms with Crippen LogP contribution in [0.1, 0.15) is 36.8 Å². The van der Waals surface area contributed by atoms with Crippen LogP contribution < -0.4 is 0 Å². The highest BCUT2D eigenvalue weighted by Crippen LogP contribution is 2.32. The number of hydrogen-bond donors (Lipinski definition) is 1. The van der Waals surface area contributed by atoms with Crippen molar-refractivity contribution in [1.82, 2.24) is 25.1 Å². The van der Waals surface area contributed by atoms with Crippen molar-refractivity contribution in [3.8, 4) is 11.3 Å². The van der Waals surface area contributed by atoms with Gasteiger partial charge in [-0.15, -0.1) is 0 Å². The van der Waals surface area contributed by atoms with E-state index < -0.39 is 0 Å². The van der Waals surface area contributed by atoms with Crippen LogP contribution in [0.3, 0.4) is 0 Å². The van der Waals surface area contributed by atoms with Crippen LogP contribution in [0.5, 0.6) is 0 Å². The minimum absolute atomic E-state index is 0.258. The fourth-order valence-corrected chi connectivity index (χ4v) is 3.29. The van der Waals surface area contributed by atoms with E-state index in [9.17, 15) is 4.39 Å². The molecule has 0 amide bonds. The molecule has 0 saturated carbocycles. The van der Waals surface area contributed by atoms with Crippen LogP contribution in [-0.2, 0) is 5.75 Å². The van der Waals surface area contributed by atoms with E-state index in [2.05, 4.69) is 39.0 Å². The Morgan fingerprint density at radius 2 is 1.92 bits per heavy atom. The Bertz CT molecular complexity index is 816. The molecule has 0 unspecified atom stereocenters. The van der Waals surface area contributed by atoms with Crippen LogP contribution in [0.15, 0.2) is 35.7 Å². The average molecular weight is 343 g/mol. The van der Waals surface area contributed by atoms with Crippen molar-refractivity contribution < 1.29 is 4.39 Å². The van der Waals surface area contributed by atoms with Crippen molar-refractivity contribution in [2.24, 2.45) is 0 Å². The second-order valence-electron chi connectivity index (χ2n) is 5.72. The Labute approximate surface area is 144 Å². The van der Waals surface area contributed by atoms with Gasteiger partial charge in [-0.1, -0.05) is 25.6 Å². The molecule has 2 heterocycles. The second-order valence-corrected chi connectivity index (χ2v) is 6.69. The molecule has 0 aliphatic carbocycles. The zero-order valence-electron chi connectivity index (χ0n) is 13.7. The lowest BCUT2D eigenvalue weighted by Gasteiger charge is -2.16. The van der Waals surface area contributed by atoms with Crippen LogP contribution in [0.25, 0.3) is 11.3 Å². The number of aromatic amines is 1. The molecule has 0 spiro atoms. The Hall–Kier alpha value is -2.28. The van der Waals surface area contributed by atoms with E-state index in [0.717, 1.165) is 27.7 Å². The normalized spacial score (nSPS) is 11.2. The molecule has 24 heavy (non-hydrogen) atoms. The topological polar surface area (TPSA) is 67.3 Å². The van der Waals surface area contributed by atoms with Gasteiger partial charge in [0.15, 0.2) is 5.16 Å². The van der Waals surface area contributed by atoms with Crippen LogP contribution in [0, 0.1) is 12.7 Å². The molecular weight excluding hydrogens is 325 g/mol. The van der Waals surface area contributed by atoms with Crippen LogP contribution >= 0.6 is 11.8 Å². The highest BCUT2D eigenvalue weighted by Gasteiger charge is 2.18. The number of H-pyrrole nitrogens is 1. The van der Waals surface area contributed by atoms with Gasteiger partial charge in [-0.3, -0.25) is 5.10 Å². The lowest BCUT2D eigenvalue weighted by Crippen LogP contribution is -2.07. The molecule has 5 nitrogen and oxygen atoms in total. The van der Waals surface area contributed by atoms with Crippen LogP contribution in [0.2, 0.25) is 0 Å². The van der Waals surface area contributed by atoms with E-state index in [0.29, 0.717) is 11.6 Å². The molecule has 2 aromatic heterocycles. The predicted molar refractivity (Wildman–Crippen MR) is 92.2 cm³/mol. The van der Waals surface area contributed by atoms with E-state index in [1.165, 1.54) is 18.5 Å². The molecule has 0 radical (unpaired) electrons. The molecule has 0 atom stereocenters.